The summed E-state index contributed by atoms with van der Waals surface area (Å²) in [6.07, 6.45) is 1.45. The molecule has 1 heterocycles. The Labute approximate surface area is 127 Å². The van der Waals surface area contributed by atoms with E-state index in [1.54, 1.807) is 12.1 Å². The maximum absolute atomic E-state index is 12.6. The van der Waals surface area contributed by atoms with Crippen LogP contribution in [0.15, 0.2) is 45.9 Å². The van der Waals surface area contributed by atoms with Gasteiger partial charge in [-0.05, 0) is 30.3 Å². The highest BCUT2D eigenvalue weighted by Crippen LogP contribution is 2.28. The molecule has 0 spiro atoms. The Kier molecular flexibility index (Phi) is 4.53. The van der Waals surface area contributed by atoms with Crippen molar-refractivity contribution in [3.05, 3.63) is 47.9 Å². The van der Waals surface area contributed by atoms with Gasteiger partial charge in [-0.15, -0.1) is 0 Å². The fourth-order valence-corrected chi connectivity index (χ4v) is 3.20. The molecule has 0 saturated heterocycles. The van der Waals surface area contributed by atoms with Gasteiger partial charge >= 0.3 is 5.97 Å². The van der Waals surface area contributed by atoms with Crippen LogP contribution in [0.3, 0.4) is 0 Å². The van der Waals surface area contributed by atoms with Crippen LogP contribution >= 0.6 is 0 Å². The second kappa shape index (κ2) is 6.20. The average molecular weight is 325 g/mol. The number of furan rings is 1. The zero-order valence-corrected chi connectivity index (χ0v) is 12.8. The number of nitrogens with zero attached hydrogens (tertiary/aromatic N) is 1. The van der Waals surface area contributed by atoms with Gasteiger partial charge in [-0.3, -0.25) is 0 Å². The van der Waals surface area contributed by atoms with Crippen molar-refractivity contribution in [2.75, 3.05) is 14.2 Å². The number of sulfonamides is 1. The summed E-state index contributed by atoms with van der Waals surface area (Å²) in [5, 5.41) is 9.02. The van der Waals surface area contributed by atoms with E-state index in [0.29, 0.717) is 5.76 Å². The lowest BCUT2D eigenvalue weighted by molar-refractivity contribution is 0.0696. The van der Waals surface area contributed by atoms with E-state index in [-0.39, 0.29) is 22.8 Å². The number of benzene rings is 1. The van der Waals surface area contributed by atoms with Crippen molar-refractivity contribution in [2.45, 2.75) is 11.4 Å². The standard InChI is InChI=1S/C14H15NO6S/c1-15(9-11-4-3-7-21-11)22(18,19)13-8-10(14(16)17)5-6-12(13)20-2/h3-8H,9H2,1-2H3,(H,16,17). The molecule has 0 unspecified atom stereocenters. The van der Waals surface area contributed by atoms with Gasteiger partial charge in [0.1, 0.15) is 16.4 Å². The summed E-state index contributed by atoms with van der Waals surface area (Å²) in [6.45, 7) is 0.0236. The number of ether oxygens (including phenoxy) is 1. The van der Waals surface area contributed by atoms with E-state index in [4.69, 9.17) is 14.3 Å². The Hall–Kier alpha value is -2.32. The quantitative estimate of drug-likeness (QED) is 0.870. The maximum Gasteiger partial charge on any atom is 0.335 e. The van der Waals surface area contributed by atoms with Crippen molar-refractivity contribution in [1.29, 1.82) is 0 Å². The van der Waals surface area contributed by atoms with E-state index < -0.39 is 16.0 Å². The third-order valence-electron chi connectivity index (χ3n) is 3.06. The third-order valence-corrected chi connectivity index (χ3v) is 4.88. The molecule has 1 aromatic heterocycles. The van der Waals surface area contributed by atoms with E-state index >= 15 is 0 Å². The fourth-order valence-electron chi connectivity index (χ4n) is 1.89. The van der Waals surface area contributed by atoms with Crippen LogP contribution in [0.5, 0.6) is 5.75 Å². The number of aromatic carboxylic acids is 1. The highest BCUT2D eigenvalue weighted by Gasteiger charge is 2.26. The summed E-state index contributed by atoms with van der Waals surface area (Å²) in [6, 6.07) is 6.98. The van der Waals surface area contributed by atoms with Crippen LogP contribution in [0.25, 0.3) is 0 Å². The lowest BCUT2D eigenvalue weighted by Gasteiger charge is -2.18. The largest absolute Gasteiger partial charge is 0.495 e. The molecule has 0 aliphatic carbocycles. The van der Waals surface area contributed by atoms with Crippen LogP contribution in [-0.4, -0.2) is 38.0 Å². The average Bonchev–Trinajstić information content (AvgIpc) is 2.99. The Morgan fingerprint density at radius 1 is 1.36 bits per heavy atom. The van der Waals surface area contributed by atoms with E-state index in [1.165, 1.54) is 32.6 Å². The predicted molar refractivity (Wildman–Crippen MR) is 77.3 cm³/mol. The number of hydrogen-bond donors (Lipinski definition) is 1. The third kappa shape index (κ3) is 3.12. The number of methoxy groups -OCH3 is 1. The first-order valence-electron chi connectivity index (χ1n) is 6.26. The minimum Gasteiger partial charge on any atom is -0.495 e. The molecule has 0 radical (unpaired) electrons. The lowest BCUT2D eigenvalue weighted by atomic mass is 10.2. The van der Waals surface area contributed by atoms with E-state index in [0.717, 1.165) is 10.4 Å². The second-order valence-corrected chi connectivity index (χ2v) is 6.52. The molecule has 0 aliphatic heterocycles. The van der Waals surface area contributed by atoms with Crippen molar-refractivity contribution in [1.82, 2.24) is 4.31 Å². The molecule has 0 aliphatic rings. The summed E-state index contributed by atoms with van der Waals surface area (Å²) < 4.78 is 36.5. The summed E-state index contributed by atoms with van der Waals surface area (Å²) in [5.74, 6) is -0.663. The first kappa shape index (κ1) is 16.1. The van der Waals surface area contributed by atoms with Crippen molar-refractivity contribution in [3.8, 4) is 5.75 Å². The smallest absolute Gasteiger partial charge is 0.335 e. The number of carboxylic acids is 1. The minimum atomic E-state index is -3.93. The molecular weight excluding hydrogens is 310 g/mol. The Balaban J connectivity index is 2.43. The molecule has 0 amide bonds. The zero-order chi connectivity index (χ0) is 16.3. The molecule has 1 N–H and O–H groups in total. The molecule has 7 nitrogen and oxygen atoms in total. The van der Waals surface area contributed by atoms with E-state index in [9.17, 15) is 13.2 Å². The predicted octanol–water partition coefficient (Wildman–Crippen LogP) is 1.81. The second-order valence-electron chi connectivity index (χ2n) is 4.51. The topological polar surface area (TPSA) is 97.0 Å². The van der Waals surface area contributed by atoms with Gasteiger partial charge in [0.15, 0.2) is 0 Å². The van der Waals surface area contributed by atoms with Crippen LogP contribution in [-0.2, 0) is 16.6 Å². The van der Waals surface area contributed by atoms with Crippen LogP contribution in [0.2, 0.25) is 0 Å². The summed E-state index contributed by atoms with van der Waals surface area (Å²) in [5.41, 5.74) is -0.134. The van der Waals surface area contributed by atoms with Gasteiger partial charge in [0.05, 0.1) is 25.5 Å². The van der Waals surface area contributed by atoms with Gasteiger partial charge in [0, 0.05) is 7.05 Å². The first-order valence-corrected chi connectivity index (χ1v) is 7.70. The molecule has 0 bridgehead atoms. The highest BCUT2D eigenvalue weighted by molar-refractivity contribution is 7.89. The van der Waals surface area contributed by atoms with Crippen LogP contribution in [0, 0.1) is 0 Å². The molecule has 2 aromatic rings. The zero-order valence-electron chi connectivity index (χ0n) is 12.0. The molecule has 0 fully saturated rings. The van der Waals surface area contributed by atoms with Gasteiger partial charge in [-0.1, -0.05) is 0 Å². The summed E-state index contributed by atoms with van der Waals surface area (Å²) in [7, 11) is -1.23. The van der Waals surface area contributed by atoms with Gasteiger partial charge in [0.2, 0.25) is 10.0 Å². The number of carbonyl (C=O) groups is 1. The van der Waals surface area contributed by atoms with E-state index in [2.05, 4.69) is 0 Å². The van der Waals surface area contributed by atoms with Gasteiger partial charge in [0.25, 0.3) is 0 Å². The molecule has 118 valence electrons. The summed E-state index contributed by atoms with van der Waals surface area (Å²) in [4.78, 5) is 10.8. The molecule has 1 aromatic carbocycles. The molecule has 8 heteroatoms. The highest BCUT2D eigenvalue weighted by atomic mass is 32.2. The molecular formula is C14H15NO6S. The van der Waals surface area contributed by atoms with Crippen LogP contribution in [0.1, 0.15) is 16.1 Å². The molecule has 2 rings (SSSR count). The Bertz CT molecular complexity index is 767. The molecule has 22 heavy (non-hydrogen) atoms. The van der Waals surface area contributed by atoms with Crippen LogP contribution in [0.4, 0.5) is 0 Å². The summed E-state index contributed by atoms with van der Waals surface area (Å²) >= 11 is 0. The number of carboxylic acid groups (broad SMARTS) is 1. The normalized spacial score (nSPS) is 11.6. The van der Waals surface area contributed by atoms with Crippen molar-refractivity contribution in [2.24, 2.45) is 0 Å². The molecule has 0 atom stereocenters. The molecule has 0 saturated carbocycles. The fraction of sp³-hybridized carbons (Fsp3) is 0.214. The number of rotatable bonds is 6. The van der Waals surface area contributed by atoms with Crippen molar-refractivity contribution in [3.63, 3.8) is 0 Å². The lowest BCUT2D eigenvalue weighted by Crippen LogP contribution is -2.27. The van der Waals surface area contributed by atoms with E-state index in [1.807, 2.05) is 0 Å². The first-order chi connectivity index (χ1) is 10.4. The van der Waals surface area contributed by atoms with Crippen molar-refractivity contribution >= 4 is 16.0 Å². The Morgan fingerprint density at radius 3 is 2.64 bits per heavy atom. The Morgan fingerprint density at radius 2 is 2.09 bits per heavy atom. The number of hydrogen-bond acceptors (Lipinski definition) is 5. The van der Waals surface area contributed by atoms with Gasteiger partial charge in [-0.2, -0.15) is 4.31 Å². The van der Waals surface area contributed by atoms with Crippen molar-refractivity contribution < 1.29 is 27.5 Å². The minimum absolute atomic E-state index is 0.0236. The maximum atomic E-state index is 12.6. The monoisotopic (exact) mass is 325 g/mol. The van der Waals surface area contributed by atoms with Gasteiger partial charge < -0.3 is 14.3 Å². The SMILES string of the molecule is COc1ccc(C(=O)O)cc1S(=O)(=O)N(C)Cc1ccco1. The van der Waals surface area contributed by atoms with Crippen LogP contribution < -0.4 is 4.74 Å². The van der Waals surface area contributed by atoms with Gasteiger partial charge in [-0.25, -0.2) is 13.2 Å².